The normalized spacial score (nSPS) is 20.9. The summed E-state index contributed by atoms with van der Waals surface area (Å²) in [6.45, 7) is 3.77. The van der Waals surface area contributed by atoms with Gasteiger partial charge in [0.2, 0.25) is 0 Å². The molecule has 0 saturated carbocycles. The molecule has 0 spiro atoms. The van der Waals surface area contributed by atoms with E-state index in [1.54, 1.807) is 6.07 Å². The van der Waals surface area contributed by atoms with Crippen LogP contribution in [0.3, 0.4) is 0 Å². The Labute approximate surface area is 98.1 Å². The summed E-state index contributed by atoms with van der Waals surface area (Å²) in [5, 5.41) is 6.20. The highest BCUT2D eigenvalue weighted by atomic mass is 16.1. The monoisotopic (exact) mass is 233 g/mol. The minimum absolute atomic E-state index is 0.0869. The highest BCUT2D eigenvalue weighted by molar-refractivity contribution is 5.29. The van der Waals surface area contributed by atoms with E-state index >= 15 is 0 Å². The van der Waals surface area contributed by atoms with Crippen molar-refractivity contribution in [3.63, 3.8) is 0 Å². The molecule has 17 heavy (non-hydrogen) atoms. The van der Waals surface area contributed by atoms with Crippen LogP contribution >= 0.6 is 0 Å². The Morgan fingerprint density at radius 1 is 1.47 bits per heavy atom. The van der Waals surface area contributed by atoms with E-state index in [4.69, 9.17) is 0 Å². The first kappa shape index (κ1) is 10.5. The molecular weight excluding hydrogens is 218 g/mol. The maximum Gasteiger partial charge on any atom is 0.274 e. The molecule has 0 bridgehead atoms. The zero-order valence-electron chi connectivity index (χ0n) is 9.73. The molecular formula is C11H15N5O. The molecule has 3 rings (SSSR count). The number of piperidine rings is 1. The first-order chi connectivity index (χ1) is 8.24. The van der Waals surface area contributed by atoms with Gasteiger partial charge in [-0.3, -0.25) is 9.89 Å². The Balaban J connectivity index is 2.08. The Bertz CT molecular complexity index is 593. The third-order valence-electron chi connectivity index (χ3n) is 3.18. The lowest BCUT2D eigenvalue weighted by atomic mass is 9.96. The van der Waals surface area contributed by atoms with Gasteiger partial charge in [-0.2, -0.15) is 9.50 Å². The number of hydrogen-bond acceptors (Lipinski definition) is 4. The van der Waals surface area contributed by atoms with Crippen molar-refractivity contribution < 1.29 is 0 Å². The molecule has 2 aromatic rings. The van der Waals surface area contributed by atoms with E-state index < -0.39 is 0 Å². The fourth-order valence-corrected chi connectivity index (χ4v) is 2.32. The van der Waals surface area contributed by atoms with Gasteiger partial charge in [-0.15, -0.1) is 0 Å². The summed E-state index contributed by atoms with van der Waals surface area (Å²) in [7, 11) is 0. The summed E-state index contributed by atoms with van der Waals surface area (Å²) in [5.74, 6) is 1.50. The number of nitrogens with zero attached hydrogens (tertiary/aromatic N) is 3. The second-order valence-corrected chi connectivity index (χ2v) is 4.51. The van der Waals surface area contributed by atoms with Crippen molar-refractivity contribution in [2.24, 2.45) is 0 Å². The Morgan fingerprint density at radius 2 is 2.35 bits per heavy atom. The lowest BCUT2D eigenvalue weighted by Crippen LogP contribution is -2.30. The molecule has 1 aliphatic rings. The average molecular weight is 233 g/mol. The van der Waals surface area contributed by atoms with Crippen LogP contribution in [0.2, 0.25) is 0 Å². The molecule has 1 saturated heterocycles. The lowest BCUT2D eigenvalue weighted by Gasteiger charge is -2.21. The molecule has 2 N–H and O–H groups in total. The minimum Gasteiger partial charge on any atom is -0.316 e. The quantitative estimate of drug-likeness (QED) is 0.737. The van der Waals surface area contributed by atoms with Gasteiger partial charge >= 0.3 is 0 Å². The van der Waals surface area contributed by atoms with Gasteiger partial charge in [0.25, 0.3) is 11.3 Å². The summed E-state index contributed by atoms with van der Waals surface area (Å²) < 4.78 is 1.38. The van der Waals surface area contributed by atoms with Crippen LogP contribution in [0.15, 0.2) is 10.9 Å². The maximum atomic E-state index is 11.9. The van der Waals surface area contributed by atoms with Crippen LogP contribution in [0.5, 0.6) is 0 Å². The topological polar surface area (TPSA) is 75.1 Å². The predicted octanol–water partition coefficient (Wildman–Crippen LogP) is 0.193. The molecule has 6 nitrogen and oxygen atoms in total. The number of fused-ring (bicyclic) bond motifs is 1. The molecule has 0 amide bonds. The molecule has 1 unspecified atom stereocenters. The van der Waals surface area contributed by atoms with Gasteiger partial charge in [0.05, 0.1) is 5.69 Å². The summed E-state index contributed by atoms with van der Waals surface area (Å²) in [5.41, 5.74) is 0.768. The number of aryl methyl sites for hydroxylation is 1. The number of aromatic amines is 1. The third-order valence-corrected chi connectivity index (χ3v) is 3.18. The molecule has 1 aliphatic heterocycles. The van der Waals surface area contributed by atoms with Gasteiger partial charge in [0.1, 0.15) is 5.82 Å². The molecule has 0 aliphatic carbocycles. The molecule has 1 atom stereocenters. The predicted molar refractivity (Wildman–Crippen MR) is 63.2 cm³/mol. The molecule has 90 valence electrons. The van der Waals surface area contributed by atoms with Crippen LogP contribution in [0.1, 0.15) is 30.3 Å². The van der Waals surface area contributed by atoms with Crippen LogP contribution in [0.4, 0.5) is 0 Å². The number of H-pyrrole nitrogens is 1. The summed E-state index contributed by atoms with van der Waals surface area (Å²) in [6.07, 6.45) is 2.21. The van der Waals surface area contributed by atoms with Crippen LogP contribution in [-0.4, -0.2) is 32.7 Å². The van der Waals surface area contributed by atoms with Gasteiger partial charge in [0.15, 0.2) is 0 Å². The molecule has 0 radical (unpaired) electrons. The van der Waals surface area contributed by atoms with E-state index in [-0.39, 0.29) is 5.56 Å². The van der Waals surface area contributed by atoms with Crippen molar-refractivity contribution in [1.29, 1.82) is 0 Å². The van der Waals surface area contributed by atoms with E-state index in [1.807, 2.05) is 6.92 Å². The smallest absolute Gasteiger partial charge is 0.274 e. The molecule has 0 aromatic carbocycles. The standard InChI is InChI=1S/C11H15N5O/c1-7-13-11-14-9(5-10(17)16(11)15-7)8-3-2-4-12-6-8/h5,8,12H,2-4,6H2,1H3,(H,13,14,15). The maximum absolute atomic E-state index is 11.9. The molecule has 6 heteroatoms. The van der Waals surface area contributed by atoms with Gasteiger partial charge in [0, 0.05) is 18.5 Å². The fraction of sp³-hybridized carbons (Fsp3) is 0.545. The van der Waals surface area contributed by atoms with Gasteiger partial charge in [-0.05, 0) is 26.3 Å². The fourth-order valence-electron chi connectivity index (χ4n) is 2.32. The first-order valence-corrected chi connectivity index (χ1v) is 5.91. The largest absolute Gasteiger partial charge is 0.316 e. The van der Waals surface area contributed by atoms with Crippen molar-refractivity contribution in [3.05, 3.63) is 27.9 Å². The molecule has 1 fully saturated rings. The van der Waals surface area contributed by atoms with Crippen molar-refractivity contribution >= 4 is 5.78 Å². The minimum atomic E-state index is -0.0869. The summed E-state index contributed by atoms with van der Waals surface area (Å²) >= 11 is 0. The van der Waals surface area contributed by atoms with E-state index in [1.165, 1.54) is 4.52 Å². The average Bonchev–Trinajstić information content (AvgIpc) is 2.71. The second kappa shape index (κ2) is 3.96. The van der Waals surface area contributed by atoms with Gasteiger partial charge in [-0.1, -0.05) is 0 Å². The van der Waals surface area contributed by atoms with Crippen molar-refractivity contribution in [2.75, 3.05) is 13.1 Å². The first-order valence-electron chi connectivity index (χ1n) is 5.91. The number of aromatic nitrogens is 4. The summed E-state index contributed by atoms with van der Waals surface area (Å²) in [6, 6.07) is 1.61. The Morgan fingerprint density at radius 3 is 3.12 bits per heavy atom. The van der Waals surface area contributed by atoms with E-state index in [0.29, 0.717) is 17.5 Å². The zero-order chi connectivity index (χ0) is 11.8. The van der Waals surface area contributed by atoms with Crippen LogP contribution in [-0.2, 0) is 0 Å². The lowest BCUT2D eigenvalue weighted by molar-refractivity contribution is 0.454. The van der Waals surface area contributed by atoms with Gasteiger partial charge < -0.3 is 5.32 Å². The Hall–Kier alpha value is -1.69. The molecule has 3 heterocycles. The highest BCUT2D eigenvalue weighted by Gasteiger charge is 2.18. The van der Waals surface area contributed by atoms with Crippen molar-refractivity contribution in [3.8, 4) is 0 Å². The van der Waals surface area contributed by atoms with Crippen LogP contribution in [0.25, 0.3) is 5.78 Å². The SMILES string of the molecule is Cc1nc2nc(C3CCCNC3)cc(=O)n2[nH]1. The second-order valence-electron chi connectivity index (χ2n) is 4.51. The van der Waals surface area contributed by atoms with Crippen molar-refractivity contribution in [1.82, 2.24) is 24.9 Å². The highest BCUT2D eigenvalue weighted by Crippen LogP contribution is 2.20. The van der Waals surface area contributed by atoms with Crippen molar-refractivity contribution in [2.45, 2.75) is 25.7 Å². The summed E-state index contributed by atoms with van der Waals surface area (Å²) in [4.78, 5) is 20.6. The Kier molecular flexibility index (Phi) is 2.44. The molecule has 2 aromatic heterocycles. The van der Waals surface area contributed by atoms with E-state index in [9.17, 15) is 4.79 Å². The van der Waals surface area contributed by atoms with Gasteiger partial charge in [-0.25, -0.2) is 4.98 Å². The van der Waals surface area contributed by atoms with E-state index in [0.717, 1.165) is 31.6 Å². The number of nitrogens with one attached hydrogen (secondary N) is 2. The zero-order valence-corrected chi connectivity index (χ0v) is 9.73. The number of hydrogen-bond donors (Lipinski definition) is 2. The van der Waals surface area contributed by atoms with Crippen LogP contribution < -0.4 is 10.9 Å². The number of rotatable bonds is 1. The van der Waals surface area contributed by atoms with E-state index in [2.05, 4.69) is 20.4 Å². The third kappa shape index (κ3) is 1.84. The van der Waals surface area contributed by atoms with Crippen LogP contribution in [0, 0.1) is 6.92 Å².